The van der Waals surface area contributed by atoms with Gasteiger partial charge in [-0.2, -0.15) is 0 Å². The number of halogens is 2. The van der Waals surface area contributed by atoms with Crippen LogP contribution >= 0.6 is 23.2 Å². The van der Waals surface area contributed by atoms with Crippen LogP contribution in [0.15, 0.2) is 48.5 Å². The van der Waals surface area contributed by atoms with Gasteiger partial charge in [-0.05, 0) is 54.0 Å². The third-order valence-corrected chi connectivity index (χ3v) is 7.94. The standard InChI is InChI=1S/C29H32Cl2N2O4/c30-23-7-4-8-24(31)27(23)28(35)32-25(29(36)37)17-20-9-11-21(12-10-20)22-13-15-33(16-14-22)26(34)18-19-5-2-1-3-6-19/h4,7-13,19,25H,1-3,5-6,14-18H2,(H,32,35)(H,36,37)/t25-/m0/s1. The molecule has 2 aromatic rings. The molecule has 2 aliphatic rings. The molecule has 0 saturated heterocycles. The number of carboxylic acids is 1. The fourth-order valence-corrected chi connectivity index (χ4v) is 5.73. The maximum atomic E-state index is 12.7. The van der Waals surface area contributed by atoms with Gasteiger partial charge in [0.05, 0.1) is 15.6 Å². The molecule has 0 bridgehead atoms. The number of nitrogens with one attached hydrogen (secondary N) is 1. The zero-order chi connectivity index (χ0) is 26.4. The van der Waals surface area contributed by atoms with Crippen LogP contribution in [0.5, 0.6) is 0 Å². The van der Waals surface area contributed by atoms with E-state index in [1.54, 1.807) is 6.07 Å². The fraction of sp³-hybridized carbons (Fsp3) is 0.414. The zero-order valence-electron chi connectivity index (χ0n) is 20.7. The summed E-state index contributed by atoms with van der Waals surface area (Å²) < 4.78 is 0. The van der Waals surface area contributed by atoms with E-state index >= 15 is 0 Å². The molecular weight excluding hydrogens is 511 g/mol. The van der Waals surface area contributed by atoms with Crippen molar-refractivity contribution in [3.63, 3.8) is 0 Å². The van der Waals surface area contributed by atoms with Crippen LogP contribution in [-0.2, 0) is 16.0 Å². The molecule has 1 aliphatic heterocycles. The largest absolute Gasteiger partial charge is 0.480 e. The molecule has 37 heavy (non-hydrogen) atoms. The lowest BCUT2D eigenvalue weighted by molar-refractivity contribution is -0.139. The van der Waals surface area contributed by atoms with Gasteiger partial charge in [0.1, 0.15) is 6.04 Å². The number of nitrogens with zero attached hydrogens (tertiary/aromatic N) is 1. The molecule has 2 N–H and O–H groups in total. The Hall–Kier alpha value is -2.83. The van der Waals surface area contributed by atoms with Crippen LogP contribution in [0.1, 0.15) is 66.4 Å². The first kappa shape index (κ1) is 27.2. The highest BCUT2D eigenvalue weighted by Gasteiger charge is 2.25. The van der Waals surface area contributed by atoms with E-state index in [9.17, 15) is 19.5 Å². The maximum absolute atomic E-state index is 12.7. The first-order valence-electron chi connectivity index (χ1n) is 12.9. The quantitative estimate of drug-likeness (QED) is 0.427. The van der Waals surface area contributed by atoms with Gasteiger partial charge >= 0.3 is 5.97 Å². The van der Waals surface area contributed by atoms with Crippen molar-refractivity contribution < 1.29 is 19.5 Å². The van der Waals surface area contributed by atoms with E-state index in [-0.39, 0.29) is 27.9 Å². The van der Waals surface area contributed by atoms with Crippen LogP contribution in [0.3, 0.4) is 0 Å². The minimum atomic E-state index is -1.14. The minimum absolute atomic E-state index is 0.0583. The molecule has 0 spiro atoms. The molecule has 1 fully saturated rings. The Labute approximate surface area is 227 Å². The Balaban J connectivity index is 1.34. The average molecular weight is 543 g/mol. The lowest BCUT2D eigenvalue weighted by Crippen LogP contribution is -2.42. The summed E-state index contributed by atoms with van der Waals surface area (Å²) in [4.78, 5) is 39.2. The lowest BCUT2D eigenvalue weighted by atomic mass is 9.86. The third-order valence-electron chi connectivity index (χ3n) is 7.31. The predicted molar refractivity (Wildman–Crippen MR) is 146 cm³/mol. The molecule has 1 heterocycles. The number of benzene rings is 2. The van der Waals surface area contributed by atoms with E-state index < -0.39 is 17.9 Å². The van der Waals surface area contributed by atoms with Gasteiger partial charge in [0, 0.05) is 25.9 Å². The second kappa shape index (κ2) is 12.6. The molecular formula is C29H32Cl2N2O4. The van der Waals surface area contributed by atoms with E-state index in [1.807, 2.05) is 29.2 Å². The summed E-state index contributed by atoms with van der Waals surface area (Å²) in [5.74, 6) is -0.972. The zero-order valence-corrected chi connectivity index (χ0v) is 22.2. The first-order chi connectivity index (χ1) is 17.8. The van der Waals surface area contributed by atoms with Crippen molar-refractivity contribution in [2.75, 3.05) is 13.1 Å². The summed E-state index contributed by atoms with van der Waals surface area (Å²) >= 11 is 12.2. The normalized spacial score (nSPS) is 17.1. The second-order valence-corrected chi connectivity index (χ2v) is 10.7. The summed E-state index contributed by atoms with van der Waals surface area (Å²) in [6.45, 7) is 1.34. The molecule has 196 valence electrons. The molecule has 0 radical (unpaired) electrons. The molecule has 8 heteroatoms. The Kier molecular flexibility index (Phi) is 9.28. The minimum Gasteiger partial charge on any atom is -0.480 e. The van der Waals surface area contributed by atoms with Gasteiger partial charge in [-0.25, -0.2) is 4.79 Å². The van der Waals surface area contributed by atoms with E-state index in [2.05, 4.69) is 11.4 Å². The van der Waals surface area contributed by atoms with Crippen molar-refractivity contribution in [1.29, 1.82) is 0 Å². The van der Waals surface area contributed by atoms with Crippen LogP contribution in [0.4, 0.5) is 0 Å². The second-order valence-electron chi connectivity index (χ2n) is 9.89. The number of hydrogen-bond donors (Lipinski definition) is 2. The topological polar surface area (TPSA) is 86.7 Å². The van der Waals surface area contributed by atoms with Crippen LogP contribution in [0.2, 0.25) is 10.0 Å². The van der Waals surface area contributed by atoms with Gasteiger partial charge in [-0.1, -0.05) is 78.9 Å². The Morgan fingerprint density at radius 3 is 2.27 bits per heavy atom. The van der Waals surface area contributed by atoms with Crippen LogP contribution < -0.4 is 5.32 Å². The van der Waals surface area contributed by atoms with Crippen molar-refractivity contribution in [3.8, 4) is 0 Å². The highest BCUT2D eigenvalue weighted by Crippen LogP contribution is 2.29. The van der Waals surface area contributed by atoms with E-state index in [0.717, 1.165) is 24.1 Å². The van der Waals surface area contributed by atoms with E-state index in [0.29, 0.717) is 18.9 Å². The van der Waals surface area contributed by atoms with Crippen molar-refractivity contribution in [2.45, 2.75) is 57.4 Å². The smallest absolute Gasteiger partial charge is 0.326 e. The van der Waals surface area contributed by atoms with Gasteiger partial charge in [0.2, 0.25) is 5.91 Å². The summed E-state index contributed by atoms with van der Waals surface area (Å²) in [7, 11) is 0. The van der Waals surface area contributed by atoms with Crippen molar-refractivity contribution >= 4 is 46.6 Å². The molecule has 4 rings (SSSR count). The third kappa shape index (κ3) is 7.14. The molecule has 0 unspecified atom stereocenters. The van der Waals surface area contributed by atoms with Crippen LogP contribution in [0, 0.1) is 5.92 Å². The average Bonchev–Trinajstić information content (AvgIpc) is 2.89. The van der Waals surface area contributed by atoms with Crippen molar-refractivity contribution in [2.24, 2.45) is 5.92 Å². The fourth-order valence-electron chi connectivity index (χ4n) is 5.16. The highest BCUT2D eigenvalue weighted by molar-refractivity contribution is 6.39. The molecule has 6 nitrogen and oxygen atoms in total. The van der Waals surface area contributed by atoms with Gasteiger partial charge in [0.15, 0.2) is 0 Å². The van der Waals surface area contributed by atoms with Gasteiger partial charge in [-0.3, -0.25) is 9.59 Å². The molecule has 1 saturated carbocycles. The predicted octanol–water partition coefficient (Wildman–Crippen LogP) is 6.01. The molecule has 2 aromatic carbocycles. The SMILES string of the molecule is O=C(N[C@@H](Cc1ccc(C2=CCN(C(=O)CC3CCCCC3)CC2)cc1)C(=O)O)c1c(Cl)cccc1Cl. The van der Waals surface area contributed by atoms with Gasteiger partial charge < -0.3 is 15.3 Å². The Bertz CT molecular complexity index is 1150. The van der Waals surface area contributed by atoms with E-state index in [4.69, 9.17) is 23.2 Å². The number of rotatable bonds is 8. The Morgan fingerprint density at radius 2 is 1.68 bits per heavy atom. The first-order valence-corrected chi connectivity index (χ1v) is 13.6. The lowest BCUT2D eigenvalue weighted by Gasteiger charge is -2.29. The monoisotopic (exact) mass is 542 g/mol. The van der Waals surface area contributed by atoms with Crippen LogP contribution in [-0.4, -0.2) is 46.9 Å². The molecule has 0 aromatic heterocycles. The van der Waals surface area contributed by atoms with Gasteiger partial charge in [0.25, 0.3) is 5.91 Å². The Morgan fingerprint density at radius 1 is 1.00 bits per heavy atom. The summed E-state index contributed by atoms with van der Waals surface area (Å²) in [6.07, 6.45) is 9.82. The number of carbonyl (C=O) groups is 3. The number of amides is 2. The van der Waals surface area contributed by atoms with Gasteiger partial charge in [-0.15, -0.1) is 0 Å². The molecule has 1 atom stereocenters. The molecule has 1 aliphatic carbocycles. The van der Waals surface area contributed by atoms with E-state index in [1.165, 1.54) is 49.8 Å². The van der Waals surface area contributed by atoms with Crippen LogP contribution in [0.25, 0.3) is 5.57 Å². The highest BCUT2D eigenvalue weighted by atomic mass is 35.5. The van der Waals surface area contributed by atoms with Crippen molar-refractivity contribution in [3.05, 3.63) is 75.3 Å². The molecule has 2 amide bonds. The summed E-state index contributed by atoms with van der Waals surface area (Å²) in [5.41, 5.74) is 3.08. The number of carbonyl (C=O) groups excluding carboxylic acids is 2. The summed E-state index contributed by atoms with van der Waals surface area (Å²) in [6, 6.07) is 11.2. The maximum Gasteiger partial charge on any atom is 0.326 e. The number of aliphatic carboxylic acids is 1. The number of hydrogen-bond acceptors (Lipinski definition) is 3. The number of carboxylic acid groups (broad SMARTS) is 1. The van der Waals surface area contributed by atoms with Crippen molar-refractivity contribution in [1.82, 2.24) is 10.2 Å². The summed E-state index contributed by atoms with van der Waals surface area (Å²) in [5, 5.41) is 12.5.